The largest absolute Gasteiger partial charge is 0.374 e. The van der Waals surface area contributed by atoms with Gasteiger partial charge in [0.05, 0.1) is 31.7 Å². The van der Waals surface area contributed by atoms with Crippen LogP contribution in [-0.4, -0.2) is 57.7 Å². The average Bonchev–Trinajstić information content (AvgIpc) is 3.52. The molecule has 190 valence electrons. The summed E-state index contributed by atoms with van der Waals surface area (Å²) in [4.78, 5) is 11.8. The molecule has 0 aliphatic carbocycles. The molecular weight excluding hydrogens is 499 g/mol. The molecule has 4 rings (SSSR count). The Morgan fingerprint density at radius 1 is 1.06 bits per heavy atom. The van der Waals surface area contributed by atoms with Crippen LogP contribution in [-0.2, 0) is 27.4 Å². The Bertz CT molecular complexity index is 1150. The molecule has 2 heterocycles. The lowest BCUT2D eigenvalue weighted by molar-refractivity contribution is -0.0740. The van der Waals surface area contributed by atoms with E-state index < -0.39 is 24.5 Å². The van der Waals surface area contributed by atoms with Crippen molar-refractivity contribution in [1.29, 1.82) is 5.41 Å². The van der Waals surface area contributed by atoms with Gasteiger partial charge in [-0.25, -0.2) is 14.4 Å². The standard InChI is InChI=1S/C26H29FN4O3S2/c1-35-25(31-26(28)36-2)24-29-13-19(30-24)22-21(27)23(33-15-18-11-7-4-8-12-18)20(34-22)16-32-14-17-9-5-3-6-10-17/h3-13,20-23,28H,14-16H2,1-2H3,(H,29,30)/t20-,21+,22+,23-/m1/s1. The molecule has 0 radical (unpaired) electrons. The molecule has 1 aliphatic heterocycles. The van der Waals surface area contributed by atoms with Gasteiger partial charge < -0.3 is 19.2 Å². The van der Waals surface area contributed by atoms with Crippen molar-refractivity contribution < 1.29 is 18.6 Å². The number of aliphatic imine (C=N–C) groups is 1. The Hall–Kier alpha value is -2.50. The van der Waals surface area contributed by atoms with Gasteiger partial charge >= 0.3 is 0 Å². The number of aromatic amines is 1. The van der Waals surface area contributed by atoms with E-state index in [0.717, 1.165) is 11.1 Å². The van der Waals surface area contributed by atoms with Crippen LogP contribution >= 0.6 is 23.5 Å². The molecule has 1 saturated heterocycles. The zero-order valence-corrected chi connectivity index (χ0v) is 21.7. The summed E-state index contributed by atoms with van der Waals surface area (Å²) in [6.45, 7) is 0.858. The number of hydrogen-bond donors (Lipinski definition) is 2. The second-order valence-corrected chi connectivity index (χ2v) is 9.71. The fourth-order valence-electron chi connectivity index (χ4n) is 3.85. The molecule has 1 aromatic heterocycles. The molecule has 0 amide bonds. The maximum atomic E-state index is 15.8. The molecule has 0 saturated carbocycles. The summed E-state index contributed by atoms with van der Waals surface area (Å²) >= 11 is 2.59. The number of hydrogen-bond acceptors (Lipinski definition) is 7. The van der Waals surface area contributed by atoms with Gasteiger partial charge in [-0.2, -0.15) is 0 Å². The van der Waals surface area contributed by atoms with Crippen molar-refractivity contribution in [2.75, 3.05) is 19.1 Å². The van der Waals surface area contributed by atoms with Crippen LogP contribution in [0.1, 0.15) is 28.7 Å². The predicted octanol–water partition coefficient (Wildman–Crippen LogP) is 5.40. The highest BCUT2D eigenvalue weighted by Gasteiger charge is 2.47. The van der Waals surface area contributed by atoms with Gasteiger partial charge in [0.15, 0.2) is 17.2 Å². The maximum Gasteiger partial charge on any atom is 0.180 e. The third kappa shape index (κ3) is 6.83. The van der Waals surface area contributed by atoms with Crippen LogP contribution in [0, 0.1) is 5.41 Å². The first-order valence-electron chi connectivity index (χ1n) is 11.5. The predicted molar refractivity (Wildman–Crippen MR) is 144 cm³/mol. The lowest BCUT2D eigenvalue weighted by Gasteiger charge is -2.20. The molecular formula is C26H29FN4O3S2. The number of H-pyrrole nitrogens is 1. The van der Waals surface area contributed by atoms with Gasteiger partial charge in [-0.1, -0.05) is 72.4 Å². The van der Waals surface area contributed by atoms with Gasteiger partial charge in [0.1, 0.15) is 23.4 Å². The lowest BCUT2D eigenvalue weighted by Crippen LogP contribution is -2.34. The second-order valence-electron chi connectivity index (χ2n) is 8.12. The Kier molecular flexibility index (Phi) is 9.71. The van der Waals surface area contributed by atoms with E-state index >= 15 is 4.39 Å². The first kappa shape index (κ1) is 26.6. The zero-order chi connectivity index (χ0) is 25.3. The number of thioether (sulfide) groups is 2. The molecule has 1 aliphatic rings. The molecule has 4 atom stereocenters. The topological polar surface area (TPSA) is 92.6 Å². The third-order valence-corrected chi connectivity index (χ3v) is 6.81. The van der Waals surface area contributed by atoms with Crippen LogP contribution in [0.5, 0.6) is 0 Å². The fourth-order valence-corrected chi connectivity index (χ4v) is 4.57. The molecule has 0 bridgehead atoms. The smallest absolute Gasteiger partial charge is 0.180 e. The highest BCUT2D eigenvalue weighted by Crippen LogP contribution is 2.37. The quantitative estimate of drug-likeness (QED) is 0.286. The molecule has 2 N–H and O–H groups in total. The number of alkyl halides is 1. The van der Waals surface area contributed by atoms with Crippen LogP contribution in [0.15, 0.2) is 71.9 Å². The summed E-state index contributed by atoms with van der Waals surface area (Å²) in [5.41, 5.74) is 2.48. The second kappa shape index (κ2) is 13.2. The van der Waals surface area contributed by atoms with Crippen molar-refractivity contribution in [1.82, 2.24) is 9.97 Å². The number of amidine groups is 1. The van der Waals surface area contributed by atoms with Crippen molar-refractivity contribution in [3.05, 3.63) is 89.5 Å². The van der Waals surface area contributed by atoms with Crippen molar-refractivity contribution in [2.24, 2.45) is 4.99 Å². The molecule has 2 aromatic carbocycles. The highest BCUT2D eigenvalue weighted by atomic mass is 32.2. The normalized spacial score (nSPS) is 22.1. The van der Waals surface area contributed by atoms with Crippen molar-refractivity contribution in [3.8, 4) is 0 Å². The van der Waals surface area contributed by atoms with Gasteiger partial charge in [0, 0.05) is 0 Å². The molecule has 0 unspecified atom stereocenters. The van der Waals surface area contributed by atoms with E-state index in [1.807, 2.05) is 66.9 Å². The minimum Gasteiger partial charge on any atom is -0.374 e. The van der Waals surface area contributed by atoms with Gasteiger partial charge in [-0.05, 0) is 23.6 Å². The summed E-state index contributed by atoms with van der Waals surface area (Å²) in [6.07, 6.45) is 1.48. The number of nitrogens with zero attached hydrogens (tertiary/aromatic N) is 2. The van der Waals surface area contributed by atoms with Gasteiger partial charge in [-0.15, -0.1) is 11.8 Å². The van der Waals surface area contributed by atoms with E-state index in [0.29, 0.717) is 23.2 Å². The Morgan fingerprint density at radius 3 is 2.36 bits per heavy atom. The molecule has 7 nitrogen and oxygen atoms in total. The Labute approximate surface area is 218 Å². The minimum absolute atomic E-state index is 0.169. The first-order valence-corrected chi connectivity index (χ1v) is 13.9. The molecule has 36 heavy (non-hydrogen) atoms. The Morgan fingerprint density at radius 2 is 1.72 bits per heavy atom. The zero-order valence-electron chi connectivity index (χ0n) is 20.1. The molecule has 3 aromatic rings. The monoisotopic (exact) mass is 528 g/mol. The van der Waals surface area contributed by atoms with Gasteiger partial charge in [0.25, 0.3) is 0 Å². The maximum absolute atomic E-state index is 15.8. The number of ether oxygens (including phenoxy) is 3. The number of halogens is 1. The van der Waals surface area contributed by atoms with Crippen LogP contribution < -0.4 is 0 Å². The summed E-state index contributed by atoms with van der Waals surface area (Å²) in [5.74, 6) is 0.470. The van der Waals surface area contributed by atoms with E-state index in [-0.39, 0.29) is 18.4 Å². The number of benzene rings is 2. The van der Waals surface area contributed by atoms with Crippen LogP contribution in [0.4, 0.5) is 4.39 Å². The molecule has 10 heteroatoms. The molecule has 0 spiro atoms. The lowest BCUT2D eigenvalue weighted by atomic mass is 10.1. The van der Waals surface area contributed by atoms with Crippen molar-refractivity contribution in [3.63, 3.8) is 0 Å². The van der Waals surface area contributed by atoms with Crippen molar-refractivity contribution in [2.45, 2.75) is 37.7 Å². The minimum atomic E-state index is -1.42. The van der Waals surface area contributed by atoms with E-state index in [4.69, 9.17) is 19.6 Å². The van der Waals surface area contributed by atoms with Gasteiger partial charge in [0.2, 0.25) is 0 Å². The van der Waals surface area contributed by atoms with Crippen LogP contribution in [0.25, 0.3) is 0 Å². The van der Waals surface area contributed by atoms with E-state index in [9.17, 15) is 0 Å². The average molecular weight is 529 g/mol. The summed E-state index contributed by atoms with van der Waals surface area (Å²) in [5, 5.41) is 8.55. The summed E-state index contributed by atoms with van der Waals surface area (Å²) in [7, 11) is 0. The summed E-state index contributed by atoms with van der Waals surface area (Å²) in [6, 6.07) is 19.5. The Balaban J connectivity index is 1.48. The summed E-state index contributed by atoms with van der Waals surface area (Å²) < 4.78 is 33.8. The first-order chi connectivity index (χ1) is 17.6. The van der Waals surface area contributed by atoms with Crippen molar-refractivity contribution >= 4 is 33.7 Å². The molecule has 1 fully saturated rings. The van der Waals surface area contributed by atoms with Gasteiger partial charge in [-0.3, -0.25) is 5.41 Å². The van der Waals surface area contributed by atoms with Crippen LogP contribution in [0.2, 0.25) is 0 Å². The number of imidazole rings is 1. The number of aromatic nitrogens is 2. The SMILES string of the molecule is CSC(=N)N=C(SC)c1ncc([C@@H]2O[C@H](COCc3ccccc3)[C@@H](OCc3ccccc3)[C@H]2F)[nH]1. The van der Waals surface area contributed by atoms with E-state index in [2.05, 4.69) is 15.0 Å². The number of nitrogens with one attached hydrogen (secondary N) is 2. The van der Waals surface area contributed by atoms with Crippen LogP contribution in [0.3, 0.4) is 0 Å². The number of rotatable bonds is 9. The highest BCUT2D eigenvalue weighted by molar-refractivity contribution is 8.15. The van der Waals surface area contributed by atoms with E-state index in [1.54, 1.807) is 12.5 Å². The third-order valence-electron chi connectivity index (χ3n) is 5.66. The fraction of sp³-hybridized carbons (Fsp3) is 0.346. The van der Waals surface area contributed by atoms with E-state index in [1.165, 1.54) is 23.5 Å².